The minimum Gasteiger partial charge on any atom is -0.321 e. The third-order valence-corrected chi connectivity index (χ3v) is 7.97. The molecule has 1 unspecified atom stereocenters. The van der Waals surface area contributed by atoms with Gasteiger partial charge in [-0.2, -0.15) is 0 Å². The highest BCUT2D eigenvalue weighted by Crippen LogP contribution is 2.34. The van der Waals surface area contributed by atoms with Crippen molar-refractivity contribution in [3.63, 3.8) is 0 Å². The summed E-state index contributed by atoms with van der Waals surface area (Å²) in [5, 5.41) is 16.3. The summed E-state index contributed by atoms with van der Waals surface area (Å²) in [4.78, 5) is 64.1. The molecule has 0 aliphatic carbocycles. The fourth-order valence-corrected chi connectivity index (χ4v) is 5.52. The lowest BCUT2D eigenvalue weighted by Crippen LogP contribution is -2.31. The van der Waals surface area contributed by atoms with Crippen LogP contribution in [0.2, 0.25) is 5.02 Å². The summed E-state index contributed by atoms with van der Waals surface area (Å²) in [6.45, 7) is 0. The van der Waals surface area contributed by atoms with Crippen molar-refractivity contribution in [1.82, 2.24) is 5.32 Å². The van der Waals surface area contributed by atoms with Crippen LogP contribution in [0.3, 0.4) is 0 Å². The smallest absolute Gasteiger partial charge is 0.272 e. The van der Waals surface area contributed by atoms with Gasteiger partial charge in [-0.05, 0) is 84.4 Å². The maximum absolute atomic E-state index is 13.3. The van der Waals surface area contributed by atoms with Crippen molar-refractivity contribution in [3.05, 3.63) is 135 Å². The number of hydrogen-bond donors (Lipinski definition) is 2. The van der Waals surface area contributed by atoms with Gasteiger partial charge in [-0.15, -0.1) is 11.8 Å². The van der Waals surface area contributed by atoms with Crippen LogP contribution in [0.1, 0.15) is 22.3 Å². The SMILES string of the molecule is O=C(Nc1ccc(SC2CC(=O)N(c3ccc(Cl)cc3)C2=O)cc1)/C(=C/c1ccc([N+](=O)[O-])cc1)NC(=O)c1ccccc1. The van der Waals surface area contributed by atoms with E-state index >= 15 is 0 Å². The van der Waals surface area contributed by atoms with Crippen LogP contribution in [0, 0.1) is 10.1 Å². The number of nitrogens with one attached hydrogen (secondary N) is 2. The van der Waals surface area contributed by atoms with Crippen molar-refractivity contribution in [2.75, 3.05) is 10.2 Å². The second-order valence-corrected chi connectivity index (χ2v) is 11.3. The molecule has 0 bridgehead atoms. The van der Waals surface area contributed by atoms with E-state index in [4.69, 9.17) is 11.6 Å². The van der Waals surface area contributed by atoms with E-state index in [-0.39, 0.29) is 29.6 Å². The largest absolute Gasteiger partial charge is 0.321 e. The highest BCUT2D eigenvalue weighted by atomic mass is 35.5. The average molecular weight is 627 g/mol. The first-order valence-electron chi connectivity index (χ1n) is 13.2. The number of benzene rings is 4. The van der Waals surface area contributed by atoms with Gasteiger partial charge in [-0.3, -0.25) is 29.3 Å². The molecule has 1 aliphatic rings. The van der Waals surface area contributed by atoms with Gasteiger partial charge in [0, 0.05) is 39.7 Å². The molecule has 1 saturated heterocycles. The van der Waals surface area contributed by atoms with Gasteiger partial charge in [0.25, 0.3) is 17.5 Å². The van der Waals surface area contributed by atoms with Crippen LogP contribution < -0.4 is 15.5 Å². The van der Waals surface area contributed by atoms with Gasteiger partial charge in [0.1, 0.15) is 5.70 Å². The number of carbonyl (C=O) groups is 4. The molecule has 4 aromatic carbocycles. The molecule has 0 spiro atoms. The Morgan fingerprint density at radius 3 is 2.20 bits per heavy atom. The summed E-state index contributed by atoms with van der Waals surface area (Å²) >= 11 is 7.17. The van der Waals surface area contributed by atoms with E-state index in [2.05, 4.69) is 10.6 Å². The molecule has 0 radical (unpaired) electrons. The number of non-ortho nitro benzene ring substituents is 1. The predicted octanol–water partition coefficient (Wildman–Crippen LogP) is 6.08. The van der Waals surface area contributed by atoms with E-state index in [9.17, 15) is 29.3 Å². The van der Waals surface area contributed by atoms with E-state index in [1.165, 1.54) is 42.1 Å². The molecule has 5 rings (SSSR count). The van der Waals surface area contributed by atoms with Crippen molar-refractivity contribution in [3.8, 4) is 0 Å². The van der Waals surface area contributed by atoms with E-state index < -0.39 is 22.0 Å². The Morgan fingerprint density at radius 2 is 1.57 bits per heavy atom. The van der Waals surface area contributed by atoms with E-state index in [1.807, 2.05) is 0 Å². The van der Waals surface area contributed by atoms with Crippen LogP contribution in [0.15, 0.2) is 114 Å². The summed E-state index contributed by atoms with van der Waals surface area (Å²) in [5.41, 5.74) is 1.49. The Labute approximate surface area is 260 Å². The standard InChI is InChI=1S/C32H23ClN4O6S/c33-22-8-14-24(15-9-22)36-29(38)19-28(32(36)41)44-26-16-10-23(11-17-26)34-31(40)27(35-30(39)21-4-2-1-3-5-21)18-20-6-12-25(13-7-20)37(42)43/h1-18,28H,19H2,(H,34,40)(H,35,39)/b27-18-. The Hall–Kier alpha value is -5.26. The number of nitro groups is 1. The predicted molar refractivity (Wildman–Crippen MR) is 168 cm³/mol. The minimum absolute atomic E-state index is 0.0442. The van der Waals surface area contributed by atoms with Crippen molar-refractivity contribution in [2.45, 2.75) is 16.6 Å². The Bertz CT molecular complexity index is 1760. The van der Waals surface area contributed by atoms with E-state index in [0.717, 1.165) is 4.90 Å². The van der Waals surface area contributed by atoms with Gasteiger partial charge in [0.2, 0.25) is 11.8 Å². The van der Waals surface area contributed by atoms with Crippen LogP contribution in [-0.2, 0) is 14.4 Å². The second kappa shape index (κ2) is 13.4. The average Bonchev–Trinajstić information content (AvgIpc) is 3.30. The maximum Gasteiger partial charge on any atom is 0.272 e. The molecule has 220 valence electrons. The normalized spacial score (nSPS) is 14.8. The molecule has 2 N–H and O–H groups in total. The Morgan fingerprint density at radius 1 is 0.909 bits per heavy atom. The van der Waals surface area contributed by atoms with E-state index in [1.54, 1.807) is 78.9 Å². The fourth-order valence-electron chi connectivity index (χ4n) is 4.34. The Balaban J connectivity index is 1.29. The third kappa shape index (κ3) is 7.20. The third-order valence-electron chi connectivity index (χ3n) is 6.52. The number of thioether (sulfide) groups is 1. The fraction of sp³-hybridized carbons (Fsp3) is 0.0625. The molecule has 44 heavy (non-hydrogen) atoms. The summed E-state index contributed by atoms with van der Waals surface area (Å²) in [6.07, 6.45) is 1.46. The van der Waals surface area contributed by atoms with Gasteiger partial charge in [0.05, 0.1) is 15.9 Å². The quantitative estimate of drug-likeness (QED) is 0.0993. The molecule has 0 aromatic heterocycles. The van der Waals surface area contributed by atoms with Gasteiger partial charge in [-0.1, -0.05) is 29.8 Å². The zero-order valence-electron chi connectivity index (χ0n) is 22.8. The zero-order chi connectivity index (χ0) is 31.2. The molecule has 12 heteroatoms. The van der Waals surface area contributed by atoms with Gasteiger partial charge >= 0.3 is 0 Å². The van der Waals surface area contributed by atoms with Crippen LogP contribution in [0.4, 0.5) is 17.1 Å². The number of amides is 4. The lowest BCUT2D eigenvalue weighted by molar-refractivity contribution is -0.384. The summed E-state index contributed by atoms with van der Waals surface area (Å²) in [5.74, 6) is -1.76. The van der Waals surface area contributed by atoms with Crippen molar-refractivity contribution < 1.29 is 24.1 Å². The monoisotopic (exact) mass is 626 g/mol. The van der Waals surface area contributed by atoms with Crippen molar-refractivity contribution >= 4 is 70.1 Å². The van der Waals surface area contributed by atoms with Crippen molar-refractivity contribution in [2.24, 2.45) is 0 Å². The number of hydrogen-bond acceptors (Lipinski definition) is 7. The number of nitro benzene ring substituents is 1. The second-order valence-electron chi connectivity index (χ2n) is 9.56. The van der Waals surface area contributed by atoms with Crippen LogP contribution in [0.25, 0.3) is 6.08 Å². The lowest BCUT2D eigenvalue weighted by Gasteiger charge is -2.15. The molecule has 4 aromatic rings. The lowest BCUT2D eigenvalue weighted by atomic mass is 10.1. The molecule has 1 atom stereocenters. The molecule has 10 nitrogen and oxygen atoms in total. The molecule has 4 amide bonds. The van der Waals surface area contributed by atoms with Gasteiger partial charge in [-0.25, -0.2) is 4.90 Å². The molecular weight excluding hydrogens is 604 g/mol. The maximum atomic E-state index is 13.3. The number of nitrogens with zero attached hydrogens (tertiary/aromatic N) is 2. The van der Waals surface area contributed by atoms with Crippen LogP contribution in [0.5, 0.6) is 0 Å². The molecular formula is C32H23ClN4O6S. The van der Waals surface area contributed by atoms with E-state index in [0.29, 0.717) is 32.4 Å². The van der Waals surface area contributed by atoms with Crippen LogP contribution >= 0.6 is 23.4 Å². The summed E-state index contributed by atoms with van der Waals surface area (Å²) in [6, 6.07) is 27.1. The number of carbonyl (C=O) groups excluding carboxylic acids is 4. The van der Waals surface area contributed by atoms with Gasteiger partial charge in [0.15, 0.2) is 0 Å². The first-order chi connectivity index (χ1) is 21.2. The number of imide groups is 1. The number of halogens is 1. The molecule has 1 aliphatic heterocycles. The topological polar surface area (TPSA) is 139 Å². The number of anilines is 2. The Kier molecular flexibility index (Phi) is 9.17. The number of rotatable bonds is 9. The summed E-state index contributed by atoms with van der Waals surface area (Å²) < 4.78 is 0. The first kappa shape index (κ1) is 30.2. The highest BCUT2D eigenvalue weighted by molar-refractivity contribution is 8.00. The van der Waals surface area contributed by atoms with Crippen LogP contribution in [-0.4, -0.2) is 33.8 Å². The summed E-state index contributed by atoms with van der Waals surface area (Å²) in [7, 11) is 0. The molecule has 1 fully saturated rings. The molecule has 0 saturated carbocycles. The minimum atomic E-state index is -0.622. The highest BCUT2D eigenvalue weighted by Gasteiger charge is 2.40. The molecule has 1 heterocycles. The first-order valence-corrected chi connectivity index (χ1v) is 14.5. The van der Waals surface area contributed by atoms with Gasteiger partial charge < -0.3 is 10.6 Å². The van der Waals surface area contributed by atoms with Crippen molar-refractivity contribution in [1.29, 1.82) is 0 Å². The zero-order valence-corrected chi connectivity index (χ0v) is 24.4.